The Kier molecular flexibility index (Phi) is 8.63. The fraction of sp³-hybridized carbons (Fsp3) is 0.519. The van der Waals surface area contributed by atoms with Gasteiger partial charge in [0.15, 0.2) is 0 Å². The molecule has 1 aliphatic carbocycles. The largest absolute Gasteiger partial charge is 0.469 e. The van der Waals surface area contributed by atoms with Crippen molar-refractivity contribution in [2.75, 3.05) is 13.4 Å². The lowest BCUT2D eigenvalue weighted by Gasteiger charge is -2.49. The zero-order valence-electron chi connectivity index (χ0n) is 21.6. The van der Waals surface area contributed by atoms with Gasteiger partial charge in [0.2, 0.25) is 0 Å². The van der Waals surface area contributed by atoms with Crippen molar-refractivity contribution in [2.45, 2.75) is 64.2 Å². The molecular weight excluding hydrogens is 480 g/mol. The van der Waals surface area contributed by atoms with Crippen LogP contribution in [0.3, 0.4) is 0 Å². The number of benzene rings is 2. The van der Waals surface area contributed by atoms with Gasteiger partial charge in [0.1, 0.15) is 0 Å². The van der Waals surface area contributed by atoms with Gasteiger partial charge in [-0.05, 0) is 34.7 Å². The molecule has 0 heterocycles. The van der Waals surface area contributed by atoms with Crippen molar-refractivity contribution in [1.82, 2.24) is 0 Å². The van der Waals surface area contributed by atoms with E-state index in [1.54, 1.807) is 0 Å². The summed E-state index contributed by atoms with van der Waals surface area (Å²) in [6.45, 7) is 8.62. The Balaban J connectivity index is 2.18. The SMILES string of the molecule is CC[C@H]1[C@H](O[Si](c2ccccc2)(c2ccccc2)C(C)(C)C)C[C@H](C(=O)OC)C[C@H]1OS(C)(=O)=O. The molecule has 1 fully saturated rings. The molecule has 4 atom stereocenters. The molecule has 0 bridgehead atoms. The first-order chi connectivity index (χ1) is 16.4. The lowest BCUT2D eigenvalue weighted by Crippen LogP contribution is -2.69. The van der Waals surface area contributed by atoms with E-state index in [2.05, 4.69) is 45.0 Å². The lowest BCUT2D eigenvalue weighted by molar-refractivity contribution is -0.151. The Morgan fingerprint density at radius 3 is 1.83 bits per heavy atom. The van der Waals surface area contributed by atoms with Gasteiger partial charge >= 0.3 is 5.97 Å². The maximum absolute atomic E-state index is 12.6. The van der Waals surface area contributed by atoms with E-state index in [9.17, 15) is 13.2 Å². The van der Waals surface area contributed by atoms with Crippen LogP contribution >= 0.6 is 0 Å². The minimum Gasteiger partial charge on any atom is -0.469 e. The quantitative estimate of drug-likeness (QED) is 0.300. The number of carbonyl (C=O) groups excluding carboxylic acids is 1. The molecule has 0 N–H and O–H groups in total. The van der Waals surface area contributed by atoms with Gasteiger partial charge in [0.25, 0.3) is 18.4 Å². The first-order valence-electron chi connectivity index (χ1n) is 12.2. The van der Waals surface area contributed by atoms with Crippen molar-refractivity contribution in [1.29, 1.82) is 0 Å². The fourth-order valence-corrected chi connectivity index (χ4v) is 10.9. The molecule has 1 saturated carbocycles. The third-order valence-electron chi connectivity index (χ3n) is 7.04. The molecule has 3 rings (SSSR count). The van der Waals surface area contributed by atoms with Crippen LogP contribution in [0.15, 0.2) is 60.7 Å². The summed E-state index contributed by atoms with van der Waals surface area (Å²) in [6.07, 6.45) is 1.43. The number of methoxy groups -OCH3 is 1. The van der Waals surface area contributed by atoms with Gasteiger partial charge < -0.3 is 9.16 Å². The molecule has 0 spiro atoms. The van der Waals surface area contributed by atoms with Crippen LogP contribution < -0.4 is 10.4 Å². The second-order valence-corrected chi connectivity index (χ2v) is 16.3. The van der Waals surface area contributed by atoms with Crippen LogP contribution in [-0.2, 0) is 28.3 Å². The van der Waals surface area contributed by atoms with Crippen molar-refractivity contribution in [3.8, 4) is 0 Å². The number of hydrogen-bond acceptors (Lipinski definition) is 6. The highest BCUT2D eigenvalue weighted by atomic mass is 32.2. The number of rotatable bonds is 8. The van der Waals surface area contributed by atoms with Gasteiger partial charge in [0, 0.05) is 5.92 Å². The minimum absolute atomic E-state index is 0.188. The van der Waals surface area contributed by atoms with Crippen molar-refractivity contribution < 1.29 is 26.6 Å². The molecule has 2 aromatic rings. The van der Waals surface area contributed by atoms with Gasteiger partial charge in [-0.15, -0.1) is 0 Å². The summed E-state index contributed by atoms with van der Waals surface area (Å²) in [5.74, 6) is -1.05. The van der Waals surface area contributed by atoms with Crippen LogP contribution in [0, 0.1) is 11.8 Å². The number of ether oxygens (including phenoxy) is 1. The van der Waals surface area contributed by atoms with Crippen LogP contribution in [0.25, 0.3) is 0 Å². The Morgan fingerprint density at radius 1 is 0.943 bits per heavy atom. The van der Waals surface area contributed by atoms with Crippen LogP contribution in [0.5, 0.6) is 0 Å². The summed E-state index contributed by atoms with van der Waals surface area (Å²) in [4.78, 5) is 12.6. The van der Waals surface area contributed by atoms with E-state index in [4.69, 9.17) is 13.3 Å². The smallest absolute Gasteiger partial charge is 0.308 e. The highest BCUT2D eigenvalue weighted by Gasteiger charge is 2.54. The van der Waals surface area contributed by atoms with Crippen LogP contribution in [0.1, 0.15) is 47.0 Å². The zero-order valence-corrected chi connectivity index (χ0v) is 23.4. The molecule has 0 saturated heterocycles. The molecular formula is C27H38O6SSi. The Bertz CT molecular complexity index is 1040. The summed E-state index contributed by atoms with van der Waals surface area (Å²) in [6, 6.07) is 20.6. The van der Waals surface area contributed by atoms with E-state index in [1.165, 1.54) is 7.11 Å². The molecule has 0 radical (unpaired) electrons. The lowest BCUT2D eigenvalue weighted by atomic mass is 9.76. The molecule has 35 heavy (non-hydrogen) atoms. The average Bonchev–Trinajstić information content (AvgIpc) is 2.81. The minimum atomic E-state index is -3.72. The molecule has 2 aromatic carbocycles. The van der Waals surface area contributed by atoms with Crippen molar-refractivity contribution in [3.05, 3.63) is 60.7 Å². The maximum atomic E-state index is 12.6. The van der Waals surface area contributed by atoms with Crippen molar-refractivity contribution in [2.24, 2.45) is 11.8 Å². The van der Waals surface area contributed by atoms with Gasteiger partial charge in [-0.2, -0.15) is 8.42 Å². The topological polar surface area (TPSA) is 78.9 Å². The van der Waals surface area contributed by atoms with E-state index in [0.717, 1.165) is 16.6 Å². The Hall–Kier alpha value is -2.00. The van der Waals surface area contributed by atoms with Gasteiger partial charge in [-0.3, -0.25) is 8.98 Å². The van der Waals surface area contributed by atoms with Gasteiger partial charge in [0.05, 0.1) is 31.5 Å². The number of hydrogen-bond donors (Lipinski definition) is 0. The van der Waals surface area contributed by atoms with E-state index in [-0.39, 0.29) is 23.0 Å². The highest BCUT2D eigenvalue weighted by molar-refractivity contribution is 7.86. The molecule has 0 amide bonds. The van der Waals surface area contributed by atoms with Crippen LogP contribution in [-0.4, -0.2) is 48.3 Å². The molecule has 1 aliphatic rings. The first kappa shape index (κ1) is 27.6. The predicted molar refractivity (Wildman–Crippen MR) is 141 cm³/mol. The third-order valence-corrected chi connectivity index (χ3v) is 12.7. The number of esters is 1. The average molecular weight is 519 g/mol. The monoisotopic (exact) mass is 518 g/mol. The molecule has 192 valence electrons. The van der Waals surface area contributed by atoms with Crippen LogP contribution in [0.2, 0.25) is 5.04 Å². The van der Waals surface area contributed by atoms with E-state index in [0.29, 0.717) is 19.3 Å². The first-order valence-corrected chi connectivity index (χ1v) is 15.9. The third kappa shape index (κ3) is 6.05. The second kappa shape index (κ2) is 10.9. The fourth-order valence-electron chi connectivity index (χ4n) is 5.52. The second-order valence-electron chi connectivity index (χ2n) is 10.4. The maximum Gasteiger partial charge on any atom is 0.308 e. The summed E-state index contributed by atoms with van der Waals surface area (Å²) in [5, 5.41) is 2.02. The van der Waals surface area contributed by atoms with Crippen molar-refractivity contribution >= 4 is 34.8 Å². The molecule has 6 nitrogen and oxygen atoms in total. The molecule has 0 aliphatic heterocycles. The van der Waals surface area contributed by atoms with E-state index >= 15 is 0 Å². The zero-order chi connectivity index (χ0) is 25.9. The van der Waals surface area contributed by atoms with E-state index in [1.807, 2.05) is 43.3 Å². The van der Waals surface area contributed by atoms with Gasteiger partial charge in [-0.25, -0.2) is 0 Å². The highest BCUT2D eigenvalue weighted by Crippen LogP contribution is 2.43. The summed E-state index contributed by atoms with van der Waals surface area (Å²) < 4.78 is 42.2. The number of carbonyl (C=O) groups is 1. The molecule has 0 unspecified atom stereocenters. The predicted octanol–water partition coefficient (Wildman–Crippen LogP) is 3.89. The molecule has 8 heteroatoms. The Labute approximate surface area is 211 Å². The normalized spacial score (nSPS) is 23.6. The summed E-state index contributed by atoms with van der Waals surface area (Å²) in [7, 11) is -5.27. The van der Waals surface area contributed by atoms with E-state index < -0.39 is 30.5 Å². The summed E-state index contributed by atoms with van der Waals surface area (Å²) in [5.41, 5.74) is 0. The Morgan fingerprint density at radius 2 is 1.43 bits per heavy atom. The molecule has 0 aromatic heterocycles. The van der Waals surface area contributed by atoms with Crippen molar-refractivity contribution in [3.63, 3.8) is 0 Å². The summed E-state index contributed by atoms with van der Waals surface area (Å²) >= 11 is 0. The van der Waals surface area contributed by atoms with Gasteiger partial charge in [-0.1, -0.05) is 88.4 Å². The standard InChI is InChI=1S/C27H38O6SSi/c1-7-23-24(32-34(6,29)30)18-20(26(28)31-5)19-25(23)33-35(27(2,3)4,21-14-10-8-11-15-21)22-16-12-9-13-17-22/h8-17,20,23-25H,7,18-19H2,1-6H3/t20-,23-,24-,25-/m1/s1. The van der Waals surface area contributed by atoms with Crippen LogP contribution in [0.4, 0.5) is 0 Å².